The molecule has 0 radical (unpaired) electrons. The van der Waals surface area contributed by atoms with Gasteiger partial charge in [0, 0.05) is 12.6 Å². The summed E-state index contributed by atoms with van der Waals surface area (Å²) in [4.78, 5) is 0. The minimum Gasteiger partial charge on any atom is -0.310 e. The fourth-order valence-corrected chi connectivity index (χ4v) is 2.86. The highest BCUT2D eigenvalue weighted by atomic mass is 35.5. The van der Waals surface area contributed by atoms with Crippen LogP contribution in [-0.2, 0) is 0 Å². The fourth-order valence-electron chi connectivity index (χ4n) is 1.22. The molecule has 1 unspecified atom stereocenters. The molecule has 0 aliphatic rings. The quantitative estimate of drug-likeness (QED) is 0.832. The molecular formula is C11H17Cl2NS. The Hall–Kier alpha value is 0.240. The number of thiophene rings is 1. The highest BCUT2D eigenvalue weighted by Gasteiger charge is 2.16. The van der Waals surface area contributed by atoms with Gasteiger partial charge in [-0.15, -0.1) is 11.3 Å². The lowest BCUT2D eigenvalue weighted by Crippen LogP contribution is -2.29. The number of hydrogen-bond donors (Lipinski definition) is 1. The first-order valence-electron chi connectivity index (χ1n) is 4.98. The molecule has 1 atom stereocenters. The van der Waals surface area contributed by atoms with E-state index in [-0.39, 0.29) is 11.5 Å². The molecule has 0 amide bonds. The maximum Gasteiger partial charge on any atom is 0.0991 e. The van der Waals surface area contributed by atoms with Crippen LogP contribution < -0.4 is 5.32 Å². The molecule has 4 heteroatoms. The lowest BCUT2D eigenvalue weighted by Gasteiger charge is -2.22. The first kappa shape index (κ1) is 13.3. The number of hydrogen-bond acceptors (Lipinski definition) is 2. The summed E-state index contributed by atoms with van der Waals surface area (Å²) in [6.07, 6.45) is 0. The van der Waals surface area contributed by atoms with Crippen LogP contribution in [0, 0.1) is 5.41 Å². The maximum absolute atomic E-state index is 6.08. The molecule has 15 heavy (non-hydrogen) atoms. The lowest BCUT2D eigenvalue weighted by atomic mass is 9.96. The Bertz CT molecular complexity index is 328. The molecule has 1 aromatic rings. The van der Waals surface area contributed by atoms with Crippen LogP contribution in [0.3, 0.4) is 0 Å². The van der Waals surface area contributed by atoms with Crippen LogP contribution in [0.15, 0.2) is 6.07 Å². The molecule has 0 saturated carbocycles. The highest BCUT2D eigenvalue weighted by molar-refractivity contribution is 7.20. The van der Waals surface area contributed by atoms with Crippen molar-refractivity contribution >= 4 is 34.5 Å². The van der Waals surface area contributed by atoms with Gasteiger partial charge in [-0.25, -0.2) is 0 Å². The van der Waals surface area contributed by atoms with Gasteiger partial charge in [0.05, 0.1) is 8.67 Å². The largest absolute Gasteiger partial charge is 0.310 e. The van der Waals surface area contributed by atoms with E-state index >= 15 is 0 Å². The van der Waals surface area contributed by atoms with Crippen molar-refractivity contribution in [3.63, 3.8) is 0 Å². The molecule has 0 aromatic carbocycles. The molecule has 1 nitrogen and oxygen atoms in total. The van der Waals surface area contributed by atoms with E-state index in [4.69, 9.17) is 23.2 Å². The van der Waals surface area contributed by atoms with Gasteiger partial charge in [-0.1, -0.05) is 44.0 Å². The zero-order valence-electron chi connectivity index (χ0n) is 9.53. The van der Waals surface area contributed by atoms with Gasteiger partial charge < -0.3 is 5.32 Å². The van der Waals surface area contributed by atoms with Gasteiger partial charge in [0.15, 0.2) is 0 Å². The predicted octanol–water partition coefficient (Wildman–Crippen LogP) is 4.75. The molecular weight excluding hydrogens is 249 g/mol. The van der Waals surface area contributed by atoms with Gasteiger partial charge in [-0.3, -0.25) is 0 Å². The minimum absolute atomic E-state index is 0.250. The first-order valence-corrected chi connectivity index (χ1v) is 6.55. The van der Waals surface area contributed by atoms with Gasteiger partial charge >= 0.3 is 0 Å². The summed E-state index contributed by atoms with van der Waals surface area (Å²) >= 11 is 13.4. The third-order valence-electron chi connectivity index (χ3n) is 2.09. The Morgan fingerprint density at radius 1 is 1.40 bits per heavy atom. The van der Waals surface area contributed by atoms with E-state index in [2.05, 4.69) is 33.0 Å². The van der Waals surface area contributed by atoms with Crippen LogP contribution in [0.1, 0.15) is 39.3 Å². The van der Waals surface area contributed by atoms with Gasteiger partial charge in [-0.2, -0.15) is 0 Å². The van der Waals surface area contributed by atoms with E-state index in [0.717, 1.165) is 20.8 Å². The Kier molecular flexibility index (Phi) is 4.48. The molecule has 0 aliphatic carbocycles. The summed E-state index contributed by atoms with van der Waals surface area (Å²) in [5, 5.41) is 3.46. The van der Waals surface area contributed by atoms with Crippen molar-refractivity contribution in [2.45, 2.75) is 33.7 Å². The van der Waals surface area contributed by atoms with Crippen LogP contribution >= 0.6 is 34.5 Å². The van der Waals surface area contributed by atoms with E-state index < -0.39 is 0 Å². The molecule has 0 saturated heterocycles. The molecule has 1 aromatic heterocycles. The second-order valence-corrected chi connectivity index (χ2v) is 7.23. The monoisotopic (exact) mass is 265 g/mol. The van der Waals surface area contributed by atoms with E-state index in [1.54, 1.807) is 0 Å². The third kappa shape index (κ3) is 4.31. The standard InChI is InChI=1S/C11H17Cl2NS/c1-7(14-6-11(2,3)4)8-5-9(12)15-10(8)13/h5,7,14H,6H2,1-4H3. The van der Waals surface area contributed by atoms with Crippen molar-refractivity contribution in [2.75, 3.05) is 6.54 Å². The molecule has 1 N–H and O–H groups in total. The number of rotatable bonds is 3. The second kappa shape index (κ2) is 5.05. The average molecular weight is 266 g/mol. The van der Waals surface area contributed by atoms with Crippen molar-refractivity contribution in [2.24, 2.45) is 5.41 Å². The Labute approximate surface area is 106 Å². The van der Waals surface area contributed by atoms with Gasteiger partial charge in [0.25, 0.3) is 0 Å². The van der Waals surface area contributed by atoms with Crippen molar-refractivity contribution in [3.05, 3.63) is 20.3 Å². The summed E-state index contributed by atoms with van der Waals surface area (Å²) in [5.74, 6) is 0. The van der Waals surface area contributed by atoms with E-state index in [9.17, 15) is 0 Å². The topological polar surface area (TPSA) is 12.0 Å². The van der Waals surface area contributed by atoms with Crippen molar-refractivity contribution < 1.29 is 0 Å². The SMILES string of the molecule is CC(NCC(C)(C)C)c1cc(Cl)sc1Cl. The van der Waals surface area contributed by atoms with E-state index in [1.807, 2.05) is 6.07 Å². The van der Waals surface area contributed by atoms with Crippen molar-refractivity contribution in [1.29, 1.82) is 0 Å². The van der Waals surface area contributed by atoms with Crippen LogP contribution in [0.4, 0.5) is 0 Å². The smallest absolute Gasteiger partial charge is 0.0991 e. The normalized spacial score (nSPS) is 14.3. The molecule has 0 aliphatic heterocycles. The van der Waals surface area contributed by atoms with Crippen LogP contribution in [0.5, 0.6) is 0 Å². The number of halogens is 2. The first-order chi connectivity index (χ1) is 6.79. The Morgan fingerprint density at radius 3 is 2.40 bits per heavy atom. The van der Waals surface area contributed by atoms with Crippen molar-refractivity contribution in [1.82, 2.24) is 5.32 Å². The van der Waals surface area contributed by atoms with E-state index in [0.29, 0.717) is 0 Å². The molecule has 1 heterocycles. The summed E-state index contributed by atoms with van der Waals surface area (Å²) in [7, 11) is 0. The zero-order chi connectivity index (χ0) is 11.6. The lowest BCUT2D eigenvalue weighted by molar-refractivity contribution is 0.360. The summed E-state index contributed by atoms with van der Waals surface area (Å²) < 4.78 is 1.54. The van der Waals surface area contributed by atoms with Crippen molar-refractivity contribution in [3.8, 4) is 0 Å². The molecule has 0 bridgehead atoms. The van der Waals surface area contributed by atoms with Gasteiger partial charge in [-0.05, 0) is 24.0 Å². The Morgan fingerprint density at radius 2 is 2.00 bits per heavy atom. The third-order valence-corrected chi connectivity index (χ3v) is 3.61. The van der Waals surface area contributed by atoms with Crippen LogP contribution in [0.25, 0.3) is 0 Å². The summed E-state index contributed by atoms with van der Waals surface area (Å²) in [6, 6.07) is 2.19. The van der Waals surface area contributed by atoms with E-state index in [1.165, 1.54) is 11.3 Å². The Balaban J connectivity index is 2.61. The maximum atomic E-state index is 6.08. The highest BCUT2D eigenvalue weighted by Crippen LogP contribution is 2.34. The zero-order valence-corrected chi connectivity index (χ0v) is 11.9. The molecule has 0 spiro atoms. The summed E-state index contributed by atoms with van der Waals surface area (Å²) in [5.41, 5.74) is 1.37. The minimum atomic E-state index is 0.250. The molecule has 86 valence electrons. The van der Waals surface area contributed by atoms with Crippen LogP contribution in [0.2, 0.25) is 8.67 Å². The predicted molar refractivity (Wildman–Crippen MR) is 70.2 cm³/mol. The fraction of sp³-hybridized carbons (Fsp3) is 0.636. The molecule has 0 fully saturated rings. The van der Waals surface area contributed by atoms with Gasteiger partial charge in [0.2, 0.25) is 0 Å². The number of nitrogens with one attached hydrogen (secondary N) is 1. The molecule has 1 rings (SSSR count). The second-order valence-electron chi connectivity index (χ2n) is 4.94. The average Bonchev–Trinajstić information content (AvgIpc) is 2.40. The summed E-state index contributed by atoms with van der Waals surface area (Å²) in [6.45, 7) is 9.67. The van der Waals surface area contributed by atoms with Gasteiger partial charge in [0.1, 0.15) is 0 Å². The van der Waals surface area contributed by atoms with Crippen LogP contribution in [-0.4, -0.2) is 6.54 Å².